The summed E-state index contributed by atoms with van der Waals surface area (Å²) in [6.45, 7) is 2.78. The lowest BCUT2D eigenvalue weighted by molar-refractivity contribution is -0.760. The molecule has 0 spiro atoms. The van der Waals surface area contributed by atoms with Gasteiger partial charge in [0.05, 0.1) is 30.8 Å². The van der Waals surface area contributed by atoms with Crippen molar-refractivity contribution in [3.05, 3.63) is 41.0 Å². The minimum atomic E-state index is -0.284. The smallest absolute Gasteiger partial charge is 0.374 e. The number of piperidine rings is 1. The molecule has 4 N–H and O–H groups in total. The fourth-order valence-corrected chi connectivity index (χ4v) is 3.72. The number of amides is 1. The highest BCUT2D eigenvalue weighted by Crippen LogP contribution is 2.42. The number of anilines is 2. The van der Waals surface area contributed by atoms with Crippen molar-refractivity contribution < 1.29 is 14.1 Å². The number of rotatable bonds is 5. The average Bonchev–Trinajstić information content (AvgIpc) is 3.02. The average molecular weight is 447 g/mol. The molecule has 9 nitrogen and oxygen atoms in total. The molecule has 4 heterocycles. The fraction of sp³-hybridized carbons (Fsp3) is 0.333. The van der Waals surface area contributed by atoms with Gasteiger partial charge in [0.15, 0.2) is 12.5 Å². The Morgan fingerprint density at radius 3 is 2.75 bits per heavy atom. The first kappa shape index (κ1) is 20.0. The molecule has 4 rings (SSSR count). The number of ketones is 1. The summed E-state index contributed by atoms with van der Waals surface area (Å²) in [5.74, 6) is 0.448. The normalized spacial score (nSPS) is 21.9. The molecule has 0 bridgehead atoms. The third-order valence-corrected chi connectivity index (χ3v) is 5.29. The van der Waals surface area contributed by atoms with Crippen molar-refractivity contribution in [1.29, 1.82) is 5.41 Å². The molecule has 2 aliphatic rings. The number of nitrogens with zero attached hydrogens (tertiary/aromatic N) is 4. The van der Waals surface area contributed by atoms with Crippen molar-refractivity contribution in [2.45, 2.75) is 25.8 Å². The first-order valence-electron chi connectivity index (χ1n) is 8.77. The van der Waals surface area contributed by atoms with E-state index in [0.29, 0.717) is 38.7 Å². The fourth-order valence-electron chi connectivity index (χ4n) is 3.40. The van der Waals surface area contributed by atoms with E-state index in [-0.39, 0.29) is 17.5 Å². The van der Waals surface area contributed by atoms with Crippen LogP contribution in [0.5, 0.6) is 0 Å². The lowest BCUT2D eigenvalue weighted by Gasteiger charge is -2.16. The number of fused-ring (bicyclic) bond motifs is 1. The first-order valence-corrected chi connectivity index (χ1v) is 9.56. The van der Waals surface area contributed by atoms with E-state index in [1.807, 2.05) is 0 Å². The third kappa shape index (κ3) is 4.07. The number of hydrogen-bond acceptors (Lipinski definition) is 8. The minimum Gasteiger partial charge on any atom is -0.382 e. The molecule has 10 heteroatoms. The van der Waals surface area contributed by atoms with Gasteiger partial charge in [-0.05, 0) is 22.0 Å². The number of aromatic nitrogens is 3. The molecule has 146 valence electrons. The van der Waals surface area contributed by atoms with Gasteiger partial charge in [0.25, 0.3) is 0 Å². The van der Waals surface area contributed by atoms with Gasteiger partial charge < -0.3 is 11.1 Å². The number of Topliss-reactive ketones (excluding diaryl/α,β-unsaturated/α-hetero) is 1. The van der Waals surface area contributed by atoms with E-state index >= 15 is 0 Å². The second-order valence-electron chi connectivity index (χ2n) is 6.71. The van der Waals surface area contributed by atoms with E-state index in [4.69, 9.17) is 11.1 Å². The molecule has 0 saturated carbocycles. The van der Waals surface area contributed by atoms with Crippen molar-refractivity contribution in [3.8, 4) is 0 Å². The summed E-state index contributed by atoms with van der Waals surface area (Å²) in [5, 5.41) is 11.0. The number of nitrogen functional groups attached to an aromatic ring is 1. The van der Waals surface area contributed by atoms with Gasteiger partial charge >= 0.3 is 5.91 Å². The predicted molar refractivity (Wildman–Crippen MR) is 108 cm³/mol. The van der Waals surface area contributed by atoms with Gasteiger partial charge in [0, 0.05) is 31.5 Å². The van der Waals surface area contributed by atoms with Crippen molar-refractivity contribution >= 4 is 44.8 Å². The van der Waals surface area contributed by atoms with Crippen LogP contribution in [-0.2, 0) is 9.59 Å². The second kappa shape index (κ2) is 8.11. The summed E-state index contributed by atoms with van der Waals surface area (Å²) in [6, 6.07) is 1.81. The predicted octanol–water partition coefficient (Wildman–Crippen LogP) is 1.75. The minimum absolute atomic E-state index is 0.0370. The van der Waals surface area contributed by atoms with Crippen LogP contribution in [0.4, 0.5) is 11.5 Å². The van der Waals surface area contributed by atoms with Gasteiger partial charge in [-0.2, -0.15) is 0 Å². The number of quaternary nitrogens is 1. The van der Waals surface area contributed by atoms with Crippen LogP contribution in [0.2, 0.25) is 0 Å². The molecule has 0 radical (unpaired) electrons. The van der Waals surface area contributed by atoms with Crippen molar-refractivity contribution in [2.24, 2.45) is 0 Å². The van der Waals surface area contributed by atoms with Gasteiger partial charge in [0.1, 0.15) is 16.1 Å². The summed E-state index contributed by atoms with van der Waals surface area (Å²) in [6.07, 6.45) is 8.29. The van der Waals surface area contributed by atoms with Gasteiger partial charge in [-0.1, -0.05) is 0 Å². The molecule has 2 aromatic heterocycles. The SMILES string of the molecule is CC(=O)C(=N)c1ccncc1NC[N+]12CCCC1C2=O.Nc1cncc(Br)n1. The second-order valence-corrected chi connectivity index (χ2v) is 7.52. The molecule has 2 aromatic rings. The van der Waals surface area contributed by atoms with E-state index in [1.165, 1.54) is 13.1 Å². The number of nitrogens with one attached hydrogen (secondary N) is 2. The molecular weight excluding hydrogens is 426 g/mol. The van der Waals surface area contributed by atoms with Crippen LogP contribution < -0.4 is 11.1 Å². The maximum atomic E-state index is 11.8. The van der Waals surface area contributed by atoms with E-state index in [1.54, 1.807) is 24.7 Å². The number of pyridine rings is 1. The van der Waals surface area contributed by atoms with Crippen LogP contribution in [0.1, 0.15) is 25.3 Å². The van der Waals surface area contributed by atoms with Gasteiger partial charge in [-0.15, -0.1) is 0 Å². The van der Waals surface area contributed by atoms with Gasteiger partial charge in [-0.25, -0.2) is 14.3 Å². The van der Waals surface area contributed by atoms with Crippen molar-refractivity contribution in [3.63, 3.8) is 0 Å². The zero-order valence-electron chi connectivity index (χ0n) is 15.4. The van der Waals surface area contributed by atoms with Crippen LogP contribution in [-0.4, -0.2) is 56.1 Å². The molecule has 2 unspecified atom stereocenters. The summed E-state index contributed by atoms with van der Waals surface area (Å²) < 4.78 is 1.17. The lowest BCUT2D eigenvalue weighted by Crippen LogP contribution is -2.33. The molecule has 0 aliphatic carbocycles. The standard InChI is InChI=1S/C14H17N4O2.C4H4BrN3/c1-9(19)13(15)10-4-5-16-7-11(10)17-8-18-6-2-3-12(18)14(18)20;5-3-1-7-2-4(6)8-3/h4-5,7,12,15,17H,2-3,6,8H2,1H3;1-2H,(H2,6,8)/q+1;. The summed E-state index contributed by atoms with van der Waals surface area (Å²) in [5.41, 5.74) is 6.40. The quantitative estimate of drug-likeness (QED) is 0.361. The Bertz CT molecular complexity index is 918. The lowest BCUT2D eigenvalue weighted by atomic mass is 10.1. The zero-order valence-corrected chi connectivity index (χ0v) is 16.9. The van der Waals surface area contributed by atoms with E-state index in [2.05, 4.69) is 36.2 Å². The van der Waals surface area contributed by atoms with Crippen LogP contribution in [0.25, 0.3) is 0 Å². The Morgan fingerprint density at radius 1 is 1.39 bits per heavy atom. The Kier molecular flexibility index (Phi) is 5.80. The Balaban J connectivity index is 0.000000236. The van der Waals surface area contributed by atoms with E-state index < -0.39 is 0 Å². The van der Waals surface area contributed by atoms with Crippen LogP contribution in [0, 0.1) is 5.41 Å². The molecule has 2 saturated heterocycles. The van der Waals surface area contributed by atoms with Gasteiger partial charge in [-0.3, -0.25) is 20.2 Å². The molecule has 2 aliphatic heterocycles. The summed E-state index contributed by atoms with van der Waals surface area (Å²) >= 11 is 3.11. The number of hydrogen-bond donors (Lipinski definition) is 3. The maximum absolute atomic E-state index is 11.8. The maximum Gasteiger partial charge on any atom is 0.374 e. The molecule has 2 atom stereocenters. The highest BCUT2D eigenvalue weighted by atomic mass is 79.9. The summed E-state index contributed by atoms with van der Waals surface area (Å²) in [4.78, 5) is 34.7. The number of carbonyl (C=O) groups is 2. The highest BCUT2D eigenvalue weighted by Gasteiger charge is 2.69. The molecule has 1 amide bonds. The Morgan fingerprint density at radius 2 is 2.18 bits per heavy atom. The third-order valence-electron chi connectivity index (χ3n) is 4.91. The van der Waals surface area contributed by atoms with Crippen LogP contribution >= 0.6 is 15.9 Å². The van der Waals surface area contributed by atoms with Crippen molar-refractivity contribution in [2.75, 3.05) is 24.3 Å². The monoisotopic (exact) mass is 446 g/mol. The largest absolute Gasteiger partial charge is 0.382 e. The summed E-state index contributed by atoms with van der Waals surface area (Å²) in [7, 11) is 0. The first-order chi connectivity index (χ1) is 13.3. The highest BCUT2D eigenvalue weighted by molar-refractivity contribution is 9.10. The molecule has 28 heavy (non-hydrogen) atoms. The van der Waals surface area contributed by atoms with Crippen LogP contribution in [0.15, 0.2) is 35.5 Å². The Hall–Kier alpha value is -2.72. The zero-order chi connectivity index (χ0) is 20.3. The van der Waals surface area contributed by atoms with Crippen molar-refractivity contribution in [1.82, 2.24) is 15.0 Å². The van der Waals surface area contributed by atoms with Gasteiger partial charge in [0.2, 0.25) is 6.04 Å². The molecule has 0 aromatic carbocycles. The van der Waals surface area contributed by atoms with E-state index in [9.17, 15) is 9.59 Å². The number of nitrogens with two attached hydrogens (primary N) is 1. The topological polar surface area (TPSA) is 135 Å². The molecule has 2 fully saturated rings. The number of carbonyl (C=O) groups excluding carboxylic acids is 2. The van der Waals surface area contributed by atoms with E-state index in [0.717, 1.165) is 19.4 Å². The van der Waals surface area contributed by atoms with Crippen LogP contribution in [0.3, 0.4) is 0 Å². The number of halogens is 1. The molecular formula is C18H21BrN7O2+. The Labute approximate surface area is 170 Å².